The highest BCUT2D eigenvalue weighted by molar-refractivity contribution is 7.90. The van der Waals surface area contributed by atoms with Crippen LogP contribution in [-0.4, -0.2) is 62.6 Å². The molecule has 0 aliphatic carbocycles. The number of hydrogen-bond acceptors (Lipinski definition) is 4. The summed E-state index contributed by atoms with van der Waals surface area (Å²) in [6.07, 6.45) is 0.214. The van der Waals surface area contributed by atoms with Gasteiger partial charge in [-0.2, -0.15) is 13.2 Å². The van der Waals surface area contributed by atoms with Gasteiger partial charge in [-0.05, 0) is 74.2 Å². The van der Waals surface area contributed by atoms with Gasteiger partial charge in [0.2, 0.25) is 0 Å². The summed E-state index contributed by atoms with van der Waals surface area (Å²) >= 11 is 0. The molecule has 2 heterocycles. The molecule has 0 spiro atoms. The number of alkyl halides is 3. The molecule has 0 radical (unpaired) electrons. The number of halogens is 3. The highest BCUT2D eigenvalue weighted by Gasteiger charge is 2.39. The van der Waals surface area contributed by atoms with Gasteiger partial charge in [0.25, 0.3) is 5.91 Å². The van der Waals surface area contributed by atoms with E-state index in [0.29, 0.717) is 24.2 Å². The van der Waals surface area contributed by atoms with Gasteiger partial charge in [0.05, 0.1) is 16.0 Å². The lowest BCUT2D eigenvalue weighted by atomic mass is 9.97. The second kappa shape index (κ2) is 9.10. The number of benzene rings is 2. The first-order valence-corrected chi connectivity index (χ1v) is 13.0. The van der Waals surface area contributed by atoms with Crippen LogP contribution in [0.15, 0.2) is 47.4 Å². The minimum Gasteiger partial charge on any atom is -0.334 e. The molecular formula is C24H27F3N2O3S. The predicted molar refractivity (Wildman–Crippen MR) is 120 cm³/mol. The number of likely N-dealkylation sites (tertiary alicyclic amines) is 2. The van der Waals surface area contributed by atoms with Crippen LogP contribution in [0.1, 0.15) is 41.6 Å². The van der Waals surface area contributed by atoms with Crippen molar-refractivity contribution in [1.82, 2.24) is 9.80 Å². The molecule has 9 heteroatoms. The third-order valence-electron chi connectivity index (χ3n) is 6.48. The molecule has 0 bridgehead atoms. The maximum atomic E-state index is 13.8. The molecule has 2 aliphatic heterocycles. The Morgan fingerprint density at radius 3 is 2.21 bits per heavy atom. The van der Waals surface area contributed by atoms with Gasteiger partial charge >= 0.3 is 6.18 Å². The lowest BCUT2D eigenvalue weighted by Gasteiger charge is -2.29. The fourth-order valence-electron chi connectivity index (χ4n) is 4.75. The molecule has 1 atom stereocenters. The van der Waals surface area contributed by atoms with E-state index in [4.69, 9.17) is 0 Å². The summed E-state index contributed by atoms with van der Waals surface area (Å²) < 4.78 is 64.8. The molecule has 178 valence electrons. The van der Waals surface area contributed by atoms with Crippen LogP contribution in [0.5, 0.6) is 0 Å². The van der Waals surface area contributed by atoms with Crippen LogP contribution in [-0.2, 0) is 16.0 Å². The van der Waals surface area contributed by atoms with Gasteiger partial charge in [0.1, 0.15) is 0 Å². The third kappa shape index (κ3) is 5.24. The van der Waals surface area contributed by atoms with E-state index < -0.39 is 27.5 Å². The highest BCUT2D eigenvalue weighted by atomic mass is 32.2. The fraction of sp³-hybridized carbons (Fsp3) is 0.458. The van der Waals surface area contributed by atoms with Crippen molar-refractivity contribution in [1.29, 1.82) is 0 Å². The molecule has 1 amide bonds. The highest BCUT2D eigenvalue weighted by Crippen LogP contribution is 2.36. The maximum Gasteiger partial charge on any atom is 0.417 e. The van der Waals surface area contributed by atoms with Gasteiger partial charge < -0.3 is 9.80 Å². The number of hydrogen-bond donors (Lipinski definition) is 0. The molecule has 33 heavy (non-hydrogen) atoms. The lowest BCUT2D eigenvalue weighted by molar-refractivity contribution is -0.138. The van der Waals surface area contributed by atoms with E-state index >= 15 is 0 Å². The molecule has 0 N–H and O–H groups in total. The average Bonchev–Trinajstić information content (AvgIpc) is 3.44. The standard InChI is InChI=1S/C24H27F3N2O3S/c1-33(31,32)20-9-6-17(7-10-20)18-8-11-22(24(25,26)27)21(15-18)23(30)29-14-4-5-19(29)16-28-12-2-3-13-28/h6-11,15,19H,2-5,12-14,16H2,1H3/t19-/m0/s1. The predicted octanol–water partition coefficient (Wildman–Crippen LogP) is 4.48. The van der Waals surface area contributed by atoms with Crippen LogP contribution in [0.2, 0.25) is 0 Å². The summed E-state index contributed by atoms with van der Waals surface area (Å²) in [6, 6.07) is 9.37. The molecule has 4 rings (SSSR count). The Morgan fingerprint density at radius 2 is 1.61 bits per heavy atom. The van der Waals surface area contributed by atoms with Crippen LogP contribution in [0.3, 0.4) is 0 Å². The van der Waals surface area contributed by atoms with Crippen molar-refractivity contribution in [2.24, 2.45) is 0 Å². The summed E-state index contributed by atoms with van der Waals surface area (Å²) in [5, 5.41) is 0. The van der Waals surface area contributed by atoms with Crippen molar-refractivity contribution in [3.8, 4) is 11.1 Å². The largest absolute Gasteiger partial charge is 0.417 e. The minimum absolute atomic E-state index is 0.0885. The first-order chi connectivity index (χ1) is 15.5. The van der Waals surface area contributed by atoms with Gasteiger partial charge in [-0.15, -0.1) is 0 Å². The summed E-state index contributed by atoms with van der Waals surface area (Å²) in [5.74, 6) is -0.598. The summed E-state index contributed by atoms with van der Waals surface area (Å²) in [5.41, 5.74) is -0.335. The van der Waals surface area contributed by atoms with Crippen LogP contribution in [0.25, 0.3) is 11.1 Å². The number of nitrogens with zero attached hydrogens (tertiary/aromatic N) is 2. The topological polar surface area (TPSA) is 57.7 Å². The van der Waals surface area contributed by atoms with Gasteiger partial charge in [-0.3, -0.25) is 4.79 Å². The molecular weight excluding hydrogens is 453 g/mol. The van der Waals surface area contributed by atoms with E-state index in [2.05, 4.69) is 4.90 Å². The summed E-state index contributed by atoms with van der Waals surface area (Å²) in [6.45, 7) is 3.07. The molecule has 2 aromatic carbocycles. The molecule has 2 aromatic rings. The van der Waals surface area contributed by atoms with E-state index in [1.165, 1.54) is 24.3 Å². The van der Waals surface area contributed by atoms with Crippen LogP contribution in [0, 0.1) is 0 Å². The van der Waals surface area contributed by atoms with Crippen LogP contribution in [0.4, 0.5) is 13.2 Å². The van der Waals surface area contributed by atoms with Crippen molar-refractivity contribution in [3.63, 3.8) is 0 Å². The summed E-state index contributed by atoms with van der Waals surface area (Å²) in [4.78, 5) is 17.4. The van der Waals surface area contributed by atoms with E-state index in [0.717, 1.165) is 51.1 Å². The number of sulfone groups is 1. The van der Waals surface area contributed by atoms with Gasteiger partial charge in [-0.1, -0.05) is 18.2 Å². The van der Waals surface area contributed by atoms with E-state index in [1.54, 1.807) is 17.0 Å². The monoisotopic (exact) mass is 480 g/mol. The zero-order chi connectivity index (χ0) is 23.8. The van der Waals surface area contributed by atoms with Crippen molar-refractivity contribution >= 4 is 15.7 Å². The van der Waals surface area contributed by atoms with E-state index in [-0.39, 0.29) is 16.5 Å². The Morgan fingerprint density at radius 1 is 0.970 bits per heavy atom. The maximum absolute atomic E-state index is 13.8. The van der Waals surface area contributed by atoms with Crippen molar-refractivity contribution in [2.75, 3.05) is 32.4 Å². The van der Waals surface area contributed by atoms with Crippen molar-refractivity contribution in [3.05, 3.63) is 53.6 Å². The number of carbonyl (C=O) groups is 1. The Kier molecular flexibility index (Phi) is 6.55. The fourth-order valence-corrected chi connectivity index (χ4v) is 5.38. The normalized spacial score (nSPS) is 19.9. The van der Waals surface area contributed by atoms with Gasteiger partial charge in [0.15, 0.2) is 9.84 Å². The number of carbonyl (C=O) groups excluding carboxylic acids is 1. The first kappa shape index (κ1) is 23.8. The SMILES string of the molecule is CS(=O)(=O)c1ccc(-c2ccc(C(F)(F)F)c(C(=O)N3CCC[C@H]3CN3CCCC3)c2)cc1. The second-order valence-electron chi connectivity index (χ2n) is 8.86. The van der Waals surface area contributed by atoms with Crippen LogP contribution < -0.4 is 0 Å². The molecule has 2 aliphatic rings. The van der Waals surface area contributed by atoms with E-state index in [9.17, 15) is 26.4 Å². The zero-order valence-electron chi connectivity index (χ0n) is 18.4. The average molecular weight is 481 g/mol. The quantitative estimate of drug-likeness (QED) is 0.634. The van der Waals surface area contributed by atoms with Crippen molar-refractivity contribution < 1.29 is 26.4 Å². The Balaban J connectivity index is 1.67. The lowest BCUT2D eigenvalue weighted by Crippen LogP contribution is -2.43. The first-order valence-electron chi connectivity index (χ1n) is 11.1. The molecule has 5 nitrogen and oxygen atoms in total. The Hall–Kier alpha value is -2.39. The molecule has 2 saturated heterocycles. The minimum atomic E-state index is -4.66. The van der Waals surface area contributed by atoms with Gasteiger partial charge in [0, 0.05) is 25.4 Å². The van der Waals surface area contributed by atoms with E-state index in [1.807, 2.05) is 0 Å². The summed E-state index contributed by atoms with van der Waals surface area (Å²) in [7, 11) is -3.39. The number of amides is 1. The molecule has 0 unspecified atom stereocenters. The van der Waals surface area contributed by atoms with Gasteiger partial charge in [-0.25, -0.2) is 8.42 Å². The van der Waals surface area contributed by atoms with Crippen molar-refractivity contribution in [2.45, 2.75) is 42.8 Å². The zero-order valence-corrected chi connectivity index (χ0v) is 19.3. The molecule has 2 fully saturated rings. The van der Waals surface area contributed by atoms with Crippen LogP contribution >= 0.6 is 0 Å². The number of rotatable bonds is 5. The Labute approximate surface area is 192 Å². The Bertz CT molecular complexity index is 1120. The molecule has 0 saturated carbocycles. The second-order valence-corrected chi connectivity index (χ2v) is 10.9. The smallest absolute Gasteiger partial charge is 0.334 e. The third-order valence-corrected chi connectivity index (χ3v) is 7.61. The molecule has 0 aromatic heterocycles.